The number of hydrogen-bond donors (Lipinski definition) is 9. The normalized spacial score (nSPS) is 25.2. The molecule has 0 aliphatic heterocycles. The highest BCUT2D eigenvalue weighted by Gasteiger charge is 2.58. The Labute approximate surface area is 235 Å². The first kappa shape index (κ1) is 26.9. The van der Waals surface area contributed by atoms with E-state index >= 15 is 0 Å². The molecule has 0 amide bonds. The van der Waals surface area contributed by atoms with Crippen LogP contribution in [0.25, 0.3) is 0 Å². The lowest BCUT2D eigenvalue weighted by Gasteiger charge is -2.56. The molecule has 0 heterocycles. The first-order valence-corrected chi connectivity index (χ1v) is 14.7. The van der Waals surface area contributed by atoms with E-state index in [1.807, 2.05) is 0 Å². The Kier molecular flexibility index (Phi) is 5.96. The van der Waals surface area contributed by atoms with Gasteiger partial charge in [0, 0.05) is 46.7 Å². The number of rotatable bonds is 5. The van der Waals surface area contributed by atoms with E-state index in [9.17, 15) is 50.8 Å². The molecule has 12 heteroatoms. The van der Waals surface area contributed by atoms with Gasteiger partial charge in [-0.25, -0.2) is 0 Å². The van der Waals surface area contributed by atoms with Crippen molar-refractivity contribution in [3.05, 3.63) is 36.4 Å². The number of phenols is 9. The van der Waals surface area contributed by atoms with Gasteiger partial charge < -0.3 is 50.1 Å². The minimum absolute atomic E-state index is 0.291. The van der Waals surface area contributed by atoms with Gasteiger partial charge in [-0.05, 0) is 56.3 Å². The SMILES string of the molecule is O=C(OS(c1c(O)cc(O)cc1O)(c1c(O)cc(O)cc1O)c1c(O)cc(O)cc1O)C12CC3CC(CC(C3)C1)C2. The summed E-state index contributed by atoms with van der Waals surface area (Å²) in [5, 5.41) is 97.0. The second kappa shape index (κ2) is 9.10. The summed E-state index contributed by atoms with van der Waals surface area (Å²) in [6.07, 6.45) is 4.52. The second-order valence-corrected chi connectivity index (χ2v) is 14.1. The summed E-state index contributed by atoms with van der Waals surface area (Å²) >= 11 is 0. The van der Waals surface area contributed by atoms with E-state index in [1.54, 1.807) is 0 Å². The van der Waals surface area contributed by atoms with Crippen LogP contribution < -0.4 is 0 Å². The van der Waals surface area contributed by atoms with Crippen molar-refractivity contribution in [3.63, 3.8) is 0 Å². The second-order valence-electron chi connectivity index (χ2n) is 11.6. The van der Waals surface area contributed by atoms with Gasteiger partial charge in [-0.1, -0.05) is 0 Å². The number of benzene rings is 3. The summed E-state index contributed by atoms with van der Waals surface area (Å²) in [5.74, 6) is -6.76. The van der Waals surface area contributed by atoms with Crippen molar-refractivity contribution >= 4 is 16.3 Å². The molecule has 9 N–H and O–H groups in total. The summed E-state index contributed by atoms with van der Waals surface area (Å²) in [6, 6.07) is 4.91. The highest BCUT2D eigenvalue weighted by atomic mass is 32.3. The van der Waals surface area contributed by atoms with Crippen molar-refractivity contribution in [1.29, 1.82) is 0 Å². The molecule has 7 rings (SSSR count). The lowest BCUT2D eigenvalue weighted by molar-refractivity contribution is -0.160. The van der Waals surface area contributed by atoms with Crippen LogP contribution in [0.1, 0.15) is 38.5 Å². The van der Waals surface area contributed by atoms with E-state index < -0.39 is 88.1 Å². The maximum Gasteiger partial charge on any atom is 0.323 e. The Morgan fingerprint density at radius 1 is 0.561 bits per heavy atom. The molecule has 4 bridgehead atoms. The maximum atomic E-state index is 14.5. The summed E-state index contributed by atoms with van der Waals surface area (Å²) in [5.41, 5.74) is -0.973. The quantitative estimate of drug-likeness (QED) is 0.194. The van der Waals surface area contributed by atoms with E-state index in [4.69, 9.17) is 4.18 Å². The third-order valence-electron chi connectivity index (χ3n) is 8.64. The Balaban J connectivity index is 1.69. The van der Waals surface area contributed by atoms with Gasteiger partial charge in [0.15, 0.2) is 0 Å². The molecular formula is C29H30O11S. The maximum absolute atomic E-state index is 14.5. The summed E-state index contributed by atoms with van der Waals surface area (Å²) in [7, 11) is -4.24. The molecule has 41 heavy (non-hydrogen) atoms. The molecule has 0 aromatic heterocycles. The van der Waals surface area contributed by atoms with Crippen molar-refractivity contribution in [3.8, 4) is 51.7 Å². The average Bonchev–Trinajstić information content (AvgIpc) is 2.81. The largest absolute Gasteiger partial charge is 0.508 e. The Bertz CT molecular complexity index is 1340. The lowest BCUT2D eigenvalue weighted by Crippen LogP contribution is -2.50. The van der Waals surface area contributed by atoms with Gasteiger partial charge in [0.05, 0.1) is 5.41 Å². The fraction of sp³-hybridized carbons (Fsp3) is 0.345. The fourth-order valence-electron chi connectivity index (χ4n) is 7.63. The Morgan fingerprint density at radius 3 is 1.10 bits per heavy atom. The predicted molar refractivity (Wildman–Crippen MR) is 143 cm³/mol. The predicted octanol–water partition coefficient (Wildman–Crippen LogP) is 4.99. The zero-order valence-electron chi connectivity index (χ0n) is 21.7. The molecule has 3 aromatic rings. The van der Waals surface area contributed by atoms with Crippen LogP contribution >= 0.6 is 10.3 Å². The molecule has 3 aromatic carbocycles. The third-order valence-corrected chi connectivity index (χ3v) is 12.0. The molecular weight excluding hydrogens is 556 g/mol. The highest BCUT2D eigenvalue weighted by Crippen LogP contribution is 2.80. The van der Waals surface area contributed by atoms with Crippen molar-refractivity contribution in [2.75, 3.05) is 0 Å². The third kappa shape index (κ3) is 4.07. The highest BCUT2D eigenvalue weighted by molar-refractivity contribution is 8.30. The molecule has 0 spiro atoms. The Morgan fingerprint density at radius 2 is 0.829 bits per heavy atom. The molecule has 218 valence electrons. The first-order chi connectivity index (χ1) is 19.3. The van der Waals surface area contributed by atoms with E-state index in [2.05, 4.69) is 0 Å². The molecule has 4 aliphatic carbocycles. The average molecular weight is 587 g/mol. The molecule has 11 nitrogen and oxygen atoms in total. The molecule has 0 unspecified atom stereocenters. The minimum Gasteiger partial charge on any atom is -0.508 e. The Hall–Kier alpha value is -4.32. The number of carbonyl (C=O) groups excluding carboxylic acids is 1. The monoisotopic (exact) mass is 586 g/mol. The van der Waals surface area contributed by atoms with Crippen LogP contribution in [0.15, 0.2) is 51.1 Å². The van der Waals surface area contributed by atoms with Crippen LogP contribution in [0.4, 0.5) is 0 Å². The van der Waals surface area contributed by atoms with Crippen LogP contribution in [-0.4, -0.2) is 51.9 Å². The van der Waals surface area contributed by atoms with E-state index in [0.717, 1.165) is 55.7 Å². The first-order valence-electron chi connectivity index (χ1n) is 13.1. The van der Waals surface area contributed by atoms with Gasteiger partial charge >= 0.3 is 5.97 Å². The van der Waals surface area contributed by atoms with Crippen LogP contribution in [0, 0.1) is 23.2 Å². The zero-order valence-corrected chi connectivity index (χ0v) is 22.5. The number of aromatic hydroxyl groups is 9. The smallest absolute Gasteiger partial charge is 0.323 e. The van der Waals surface area contributed by atoms with Crippen LogP contribution in [0.3, 0.4) is 0 Å². The van der Waals surface area contributed by atoms with Crippen LogP contribution in [0.2, 0.25) is 0 Å². The van der Waals surface area contributed by atoms with E-state index in [-0.39, 0.29) is 0 Å². The number of phenolic OH excluding ortho intramolecular Hbond substituents is 9. The molecule has 0 radical (unpaired) electrons. The van der Waals surface area contributed by atoms with Gasteiger partial charge in [-0.15, -0.1) is 0 Å². The number of hydrogen-bond acceptors (Lipinski definition) is 11. The van der Waals surface area contributed by atoms with Crippen LogP contribution in [0.5, 0.6) is 51.7 Å². The van der Waals surface area contributed by atoms with E-state index in [1.165, 1.54) is 0 Å². The van der Waals surface area contributed by atoms with Crippen LogP contribution in [-0.2, 0) is 8.98 Å². The van der Waals surface area contributed by atoms with Gasteiger partial charge in [0.2, 0.25) is 0 Å². The van der Waals surface area contributed by atoms with Crippen molar-refractivity contribution in [1.82, 2.24) is 0 Å². The summed E-state index contributed by atoms with van der Waals surface area (Å²) in [6.45, 7) is 0. The minimum atomic E-state index is -4.24. The van der Waals surface area contributed by atoms with Crippen molar-refractivity contribution in [2.45, 2.75) is 53.2 Å². The summed E-state index contributed by atoms with van der Waals surface area (Å²) < 4.78 is 6.33. The van der Waals surface area contributed by atoms with Gasteiger partial charge in [0.25, 0.3) is 0 Å². The topological polar surface area (TPSA) is 208 Å². The van der Waals surface area contributed by atoms with Gasteiger partial charge in [0.1, 0.15) is 66.4 Å². The van der Waals surface area contributed by atoms with Gasteiger partial charge in [-0.3, -0.25) is 4.79 Å². The lowest BCUT2D eigenvalue weighted by atomic mass is 9.49. The molecule has 4 fully saturated rings. The molecule has 0 atom stereocenters. The standard InChI is InChI=1S/C29H30O11S/c30-16-4-19(33)25(20(34)5-16)41(26-21(35)6-17(31)7-22(26)36,27-23(37)8-18(32)9-24(27)38)40-28(39)29-10-13-1-14(11-29)3-15(2-13)12-29/h4-9,13-15,30-38H,1-3,10-12H2. The molecule has 4 aliphatic rings. The molecule has 0 saturated heterocycles. The number of carbonyl (C=O) groups is 1. The van der Waals surface area contributed by atoms with E-state index in [0.29, 0.717) is 37.0 Å². The van der Waals surface area contributed by atoms with Crippen molar-refractivity contribution in [2.24, 2.45) is 23.2 Å². The zero-order chi connectivity index (χ0) is 29.4. The van der Waals surface area contributed by atoms with Gasteiger partial charge in [-0.2, -0.15) is 0 Å². The van der Waals surface area contributed by atoms with Crippen molar-refractivity contribution < 1.29 is 54.9 Å². The fourth-order valence-corrected chi connectivity index (χ4v) is 11.0. The summed E-state index contributed by atoms with van der Waals surface area (Å²) in [4.78, 5) is 12.5. The molecule has 4 saturated carbocycles.